The van der Waals surface area contributed by atoms with E-state index in [0.29, 0.717) is 36.6 Å². The lowest BCUT2D eigenvalue weighted by molar-refractivity contribution is 0.0215. The van der Waals surface area contributed by atoms with Crippen LogP contribution in [0.4, 0.5) is 14.9 Å². The fraction of sp³-hybridized carbons (Fsp3) is 0.500. The Hall–Kier alpha value is -3.37. The number of benzene rings is 2. The van der Waals surface area contributed by atoms with Crippen LogP contribution in [0.25, 0.3) is 11.4 Å². The van der Waals surface area contributed by atoms with Gasteiger partial charge in [0.15, 0.2) is 5.82 Å². The minimum atomic E-state index is -0.244. The monoisotopic (exact) mass is 521 g/mol. The highest BCUT2D eigenvalue weighted by Crippen LogP contribution is 2.25. The molecule has 202 valence electrons. The summed E-state index contributed by atoms with van der Waals surface area (Å²) >= 11 is 0. The zero-order chi connectivity index (χ0) is 26.5. The molecule has 0 bridgehead atoms. The third-order valence-corrected chi connectivity index (χ3v) is 7.56. The highest BCUT2D eigenvalue weighted by Gasteiger charge is 2.31. The number of carbonyl (C=O) groups excluding carboxylic acids is 1. The van der Waals surface area contributed by atoms with Crippen LogP contribution >= 0.6 is 0 Å². The average Bonchev–Trinajstić information content (AvgIpc) is 3.32. The highest BCUT2D eigenvalue weighted by atomic mass is 19.1. The second kappa shape index (κ2) is 12.0. The fourth-order valence-corrected chi connectivity index (χ4v) is 5.72. The van der Waals surface area contributed by atoms with E-state index in [1.807, 2.05) is 37.3 Å². The molecule has 3 unspecified atom stereocenters. The van der Waals surface area contributed by atoms with Gasteiger partial charge in [-0.3, -0.25) is 0 Å². The summed E-state index contributed by atoms with van der Waals surface area (Å²) in [6.45, 7) is 6.22. The van der Waals surface area contributed by atoms with Gasteiger partial charge in [-0.2, -0.15) is 0 Å². The number of likely N-dealkylation sites (tertiary alicyclic amines) is 1. The molecule has 0 spiro atoms. The van der Waals surface area contributed by atoms with Crippen LogP contribution in [0.1, 0.15) is 30.4 Å². The molecule has 3 aromatic rings. The molecule has 0 saturated carbocycles. The Balaban J connectivity index is 1.17. The minimum absolute atomic E-state index is 0.0616. The fourth-order valence-electron chi connectivity index (χ4n) is 5.72. The molecule has 3 heterocycles. The lowest BCUT2D eigenvalue weighted by atomic mass is 9.89. The SMILES string of the molecule is Cc1cc(NC(=O)NC2COCCC2CN2CCCC(Cc3ccc(F)cc3)C2)cc(-c2nnnn2C)c1. The number of nitrogens with zero attached hydrogens (tertiary/aromatic N) is 5. The van der Waals surface area contributed by atoms with Crippen molar-refractivity contribution in [1.29, 1.82) is 0 Å². The molecule has 0 radical (unpaired) electrons. The molecule has 2 N–H and O–H groups in total. The lowest BCUT2D eigenvalue weighted by Gasteiger charge is -2.39. The standard InChI is InChI=1S/C28H36FN7O2/c1-19-12-23(27-32-33-34-35(27)2)15-25(13-19)30-28(37)31-26-18-38-11-9-22(26)17-36-10-3-4-21(16-36)14-20-5-7-24(29)8-6-20/h5-8,12-13,15,21-22,26H,3-4,9-11,14,16-18H2,1-2H3,(H2,30,31,37). The van der Waals surface area contributed by atoms with Crippen molar-refractivity contribution in [1.82, 2.24) is 30.4 Å². The lowest BCUT2D eigenvalue weighted by Crippen LogP contribution is -2.52. The first-order chi connectivity index (χ1) is 18.4. The predicted molar refractivity (Wildman–Crippen MR) is 143 cm³/mol. The van der Waals surface area contributed by atoms with Gasteiger partial charge in [0.2, 0.25) is 0 Å². The number of rotatable bonds is 7. The van der Waals surface area contributed by atoms with E-state index in [9.17, 15) is 9.18 Å². The van der Waals surface area contributed by atoms with Gasteiger partial charge < -0.3 is 20.3 Å². The highest BCUT2D eigenvalue weighted by molar-refractivity contribution is 5.90. The number of hydrogen-bond donors (Lipinski definition) is 2. The van der Waals surface area contributed by atoms with Gasteiger partial charge in [-0.1, -0.05) is 12.1 Å². The van der Waals surface area contributed by atoms with Gasteiger partial charge >= 0.3 is 6.03 Å². The van der Waals surface area contributed by atoms with E-state index in [1.54, 1.807) is 23.9 Å². The van der Waals surface area contributed by atoms with Crippen LogP contribution in [-0.2, 0) is 18.2 Å². The summed E-state index contributed by atoms with van der Waals surface area (Å²) in [5, 5.41) is 17.8. The van der Waals surface area contributed by atoms with Crippen LogP contribution in [0.15, 0.2) is 42.5 Å². The van der Waals surface area contributed by atoms with Gasteiger partial charge in [0, 0.05) is 38.0 Å². The Morgan fingerprint density at radius 2 is 2.03 bits per heavy atom. The molecule has 2 aliphatic rings. The number of urea groups is 1. The number of ether oxygens (including phenoxy) is 1. The quantitative estimate of drug-likeness (QED) is 0.491. The van der Waals surface area contributed by atoms with E-state index in [-0.39, 0.29) is 17.9 Å². The zero-order valence-corrected chi connectivity index (χ0v) is 22.1. The van der Waals surface area contributed by atoms with Gasteiger partial charge in [-0.15, -0.1) is 5.10 Å². The maximum Gasteiger partial charge on any atom is 0.319 e. The van der Waals surface area contributed by atoms with Crippen LogP contribution in [0.3, 0.4) is 0 Å². The Bertz CT molecular complexity index is 1230. The summed E-state index contributed by atoms with van der Waals surface area (Å²) in [6.07, 6.45) is 4.23. The van der Waals surface area contributed by atoms with Gasteiger partial charge in [0.05, 0.1) is 12.6 Å². The zero-order valence-electron chi connectivity index (χ0n) is 22.1. The Morgan fingerprint density at radius 3 is 2.82 bits per heavy atom. The van der Waals surface area contributed by atoms with Gasteiger partial charge in [-0.05, 0) is 103 Å². The van der Waals surface area contributed by atoms with Crippen molar-refractivity contribution in [2.75, 3.05) is 38.2 Å². The predicted octanol–water partition coefficient (Wildman–Crippen LogP) is 3.81. The number of anilines is 1. The number of amides is 2. The topological polar surface area (TPSA) is 97.2 Å². The van der Waals surface area contributed by atoms with Gasteiger partial charge in [-0.25, -0.2) is 13.9 Å². The Morgan fingerprint density at radius 1 is 1.18 bits per heavy atom. The number of aryl methyl sites for hydroxylation is 2. The Kier molecular flexibility index (Phi) is 8.29. The van der Waals surface area contributed by atoms with E-state index in [1.165, 1.54) is 12.0 Å². The van der Waals surface area contributed by atoms with Crippen LogP contribution in [0.2, 0.25) is 0 Å². The van der Waals surface area contributed by atoms with E-state index in [2.05, 4.69) is 31.1 Å². The number of hydrogen-bond acceptors (Lipinski definition) is 6. The van der Waals surface area contributed by atoms with Crippen molar-refractivity contribution in [2.45, 2.75) is 38.6 Å². The number of aromatic nitrogens is 4. The molecule has 1 aromatic heterocycles. The second-order valence-corrected chi connectivity index (χ2v) is 10.6. The summed E-state index contributed by atoms with van der Waals surface area (Å²) < 4.78 is 20.6. The molecule has 2 amide bonds. The van der Waals surface area contributed by atoms with Crippen molar-refractivity contribution in [2.24, 2.45) is 18.9 Å². The number of halogens is 1. The maximum atomic E-state index is 13.3. The first-order valence-corrected chi connectivity index (χ1v) is 13.4. The minimum Gasteiger partial charge on any atom is -0.379 e. The number of tetrazole rings is 1. The number of nitrogens with one attached hydrogen (secondary N) is 2. The van der Waals surface area contributed by atoms with Crippen molar-refractivity contribution in [3.63, 3.8) is 0 Å². The van der Waals surface area contributed by atoms with E-state index < -0.39 is 0 Å². The molecule has 10 heteroatoms. The summed E-state index contributed by atoms with van der Waals surface area (Å²) in [5.41, 5.74) is 3.72. The first-order valence-electron chi connectivity index (χ1n) is 13.4. The largest absolute Gasteiger partial charge is 0.379 e. The summed E-state index contributed by atoms with van der Waals surface area (Å²) in [4.78, 5) is 15.5. The maximum absolute atomic E-state index is 13.3. The Labute approximate surface area is 222 Å². The van der Waals surface area contributed by atoms with E-state index >= 15 is 0 Å². The average molecular weight is 522 g/mol. The molecular formula is C28H36FN7O2. The first kappa shape index (κ1) is 26.2. The van der Waals surface area contributed by atoms with Crippen LogP contribution in [-0.4, -0.2) is 70.0 Å². The summed E-state index contributed by atoms with van der Waals surface area (Å²) in [7, 11) is 1.79. The molecule has 38 heavy (non-hydrogen) atoms. The molecule has 2 aromatic carbocycles. The molecule has 3 atom stereocenters. The molecule has 0 aliphatic carbocycles. The molecule has 9 nitrogen and oxygen atoms in total. The summed E-state index contributed by atoms with van der Waals surface area (Å²) in [6, 6.07) is 12.4. The summed E-state index contributed by atoms with van der Waals surface area (Å²) in [5.74, 6) is 1.32. The number of carbonyl (C=O) groups is 1. The normalized spacial score (nSPS) is 22.2. The molecule has 2 fully saturated rings. The molecular weight excluding hydrogens is 485 g/mol. The van der Waals surface area contributed by atoms with Crippen molar-refractivity contribution >= 4 is 11.7 Å². The second-order valence-electron chi connectivity index (χ2n) is 10.6. The van der Waals surface area contributed by atoms with Crippen LogP contribution in [0.5, 0.6) is 0 Å². The van der Waals surface area contributed by atoms with Crippen LogP contribution in [0, 0.1) is 24.6 Å². The van der Waals surface area contributed by atoms with Crippen molar-refractivity contribution in [3.05, 3.63) is 59.4 Å². The smallest absolute Gasteiger partial charge is 0.319 e. The van der Waals surface area contributed by atoms with Crippen molar-refractivity contribution in [3.8, 4) is 11.4 Å². The van der Waals surface area contributed by atoms with Crippen LogP contribution < -0.4 is 10.6 Å². The number of piperidine rings is 1. The van der Waals surface area contributed by atoms with E-state index in [0.717, 1.165) is 50.0 Å². The van der Waals surface area contributed by atoms with Crippen molar-refractivity contribution < 1.29 is 13.9 Å². The third-order valence-electron chi connectivity index (χ3n) is 7.56. The van der Waals surface area contributed by atoms with Gasteiger partial charge in [0.25, 0.3) is 0 Å². The van der Waals surface area contributed by atoms with E-state index in [4.69, 9.17) is 4.74 Å². The molecule has 2 saturated heterocycles. The van der Waals surface area contributed by atoms with Gasteiger partial charge in [0.1, 0.15) is 5.82 Å². The molecule has 5 rings (SSSR count). The third kappa shape index (κ3) is 6.73. The molecule has 2 aliphatic heterocycles.